The predicted octanol–water partition coefficient (Wildman–Crippen LogP) is 0.578. The second kappa shape index (κ2) is 4.87. The number of likely N-dealkylation sites (N-methyl/N-ethyl adjacent to an activating group) is 1. The number of ketones is 1. The number of fused-ring (bicyclic) bond motifs is 1. The number of aromatic nitrogens is 1. The average molecular weight is 264 g/mol. The molecule has 0 saturated carbocycles. The lowest BCUT2D eigenvalue weighted by atomic mass is 9.98. The molecule has 1 aliphatic rings. The van der Waals surface area contributed by atoms with E-state index in [9.17, 15) is 19.5 Å². The first kappa shape index (κ1) is 13.3. The summed E-state index contributed by atoms with van der Waals surface area (Å²) in [5.41, 5.74) is 0.0511. The van der Waals surface area contributed by atoms with E-state index in [2.05, 4.69) is 4.98 Å². The molecular formula is C13H16N2O4. The van der Waals surface area contributed by atoms with Crippen molar-refractivity contribution in [3.05, 3.63) is 27.2 Å². The van der Waals surface area contributed by atoms with E-state index in [1.165, 1.54) is 4.90 Å². The normalized spacial score (nSPS) is 14.4. The van der Waals surface area contributed by atoms with Crippen molar-refractivity contribution in [2.45, 2.75) is 32.7 Å². The maximum absolute atomic E-state index is 11.9. The number of carbonyl (C=O) groups excluding carboxylic acids is 2. The number of Topliss-reactive ketones (excluding diaryl/α,β-unsaturated/α-hetero) is 1. The van der Waals surface area contributed by atoms with E-state index in [1.807, 2.05) is 6.92 Å². The summed E-state index contributed by atoms with van der Waals surface area (Å²) in [5, 5.41) is 10.1. The summed E-state index contributed by atoms with van der Waals surface area (Å²) in [4.78, 5) is 39.4. The van der Waals surface area contributed by atoms with Gasteiger partial charge in [0.2, 0.25) is 5.91 Å². The van der Waals surface area contributed by atoms with Crippen LogP contribution in [-0.2, 0) is 17.8 Å². The number of rotatable bonds is 3. The number of pyridine rings is 1. The van der Waals surface area contributed by atoms with Crippen molar-refractivity contribution in [1.29, 1.82) is 0 Å². The van der Waals surface area contributed by atoms with Crippen LogP contribution in [0.15, 0.2) is 4.79 Å². The summed E-state index contributed by atoms with van der Waals surface area (Å²) >= 11 is 0. The molecule has 2 N–H and O–H groups in total. The number of nitrogens with zero attached hydrogens (tertiary/aromatic N) is 1. The molecule has 2 rings (SSSR count). The molecule has 19 heavy (non-hydrogen) atoms. The van der Waals surface area contributed by atoms with Crippen LogP contribution in [-0.4, -0.2) is 33.7 Å². The monoisotopic (exact) mass is 264 g/mol. The Bertz CT molecular complexity index is 603. The van der Waals surface area contributed by atoms with E-state index in [1.54, 1.807) is 7.05 Å². The molecule has 1 aromatic heterocycles. The average Bonchev–Trinajstić information content (AvgIpc) is 2.32. The van der Waals surface area contributed by atoms with Crippen molar-refractivity contribution < 1.29 is 14.7 Å². The summed E-state index contributed by atoms with van der Waals surface area (Å²) in [7, 11) is 1.62. The lowest BCUT2D eigenvalue weighted by Crippen LogP contribution is -2.35. The van der Waals surface area contributed by atoms with Gasteiger partial charge in [0.05, 0.1) is 13.0 Å². The third-order valence-electron chi connectivity index (χ3n) is 3.28. The van der Waals surface area contributed by atoms with Crippen molar-refractivity contribution >= 4 is 11.7 Å². The third kappa shape index (κ3) is 2.25. The van der Waals surface area contributed by atoms with Gasteiger partial charge >= 0.3 is 0 Å². The number of amides is 1. The van der Waals surface area contributed by atoms with E-state index in [0.717, 1.165) is 0 Å². The summed E-state index contributed by atoms with van der Waals surface area (Å²) in [6.45, 7) is 2.05. The number of hydrogen-bond donors (Lipinski definition) is 2. The van der Waals surface area contributed by atoms with Gasteiger partial charge in [-0.3, -0.25) is 14.4 Å². The Morgan fingerprint density at radius 3 is 2.74 bits per heavy atom. The molecule has 1 aromatic rings. The molecule has 1 aliphatic heterocycles. The summed E-state index contributed by atoms with van der Waals surface area (Å²) < 4.78 is 0. The highest BCUT2D eigenvalue weighted by Crippen LogP contribution is 2.27. The molecule has 2 heterocycles. The fraction of sp³-hybridized carbons (Fsp3) is 0.462. The largest absolute Gasteiger partial charge is 0.507 e. The van der Waals surface area contributed by atoms with E-state index in [4.69, 9.17) is 0 Å². The molecule has 0 radical (unpaired) electrons. The van der Waals surface area contributed by atoms with Gasteiger partial charge in [-0.25, -0.2) is 0 Å². The number of nitrogens with one attached hydrogen (secondary N) is 1. The van der Waals surface area contributed by atoms with Gasteiger partial charge in [0.1, 0.15) is 11.3 Å². The van der Waals surface area contributed by atoms with E-state index in [0.29, 0.717) is 17.7 Å². The standard InChI is InChI=1S/C13H16N2O4/c1-3-4-9(16)11-12(18)7-5-10(17)15(2)6-8(7)14-13(11)19/h3-6H2,1-2H3,(H2,14,18,19). The zero-order chi connectivity index (χ0) is 14.2. The minimum absolute atomic E-state index is 0.000845. The molecule has 0 aliphatic carbocycles. The Balaban J connectivity index is 2.56. The first-order valence-electron chi connectivity index (χ1n) is 6.19. The second-order valence-corrected chi connectivity index (χ2v) is 4.73. The predicted molar refractivity (Wildman–Crippen MR) is 68.1 cm³/mol. The molecule has 0 fully saturated rings. The summed E-state index contributed by atoms with van der Waals surface area (Å²) in [5.74, 6) is -0.877. The Hall–Kier alpha value is -2.11. The zero-order valence-corrected chi connectivity index (χ0v) is 10.9. The van der Waals surface area contributed by atoms with Gasteiger partial charge in [-0.1, -0.05) is 6.92 Å². The Kier molecular flexibility index (Phi) is 3.42. The van der Waals surface area contributed by atoms with E-state index in [-0.39, 0.29) is 36.6 Å². The van der Waals surface area contributed by atoms with Crippen LogP contribution in [0.25, 0.3) is 0 Å². The van der Waals surface area contributed by atoms with Crippen LogP contribution in [0, 0.1) is 0 Å². The highest BCUT2D eigenvalue weighted by Gasteiger charge is 2.28. The zero-order valence-electron chi connectivity index (χ0n) is 10.9. The number of hydrogen-bond acceptors (Lipinski definition) is 4. The fourth-order valence-corrected chi connectivity index (χ4v) is 2.22. The molecule has 102 valence electrons. The van der Waals surface area contributed by atoms with E-state index < -0.39 is 11.3 Å². The lowest BCUT2D eigenvalue weighted by molar-refractivity contribution is -0.130. The first-order valence-corrected chi connectivity index (χ1v) is 6.19. The molecule has 0 unspecified atom stereocenters. The van der Waals surface area contributed by atoms with Gasteiger partial charge in [0.25, 0.3) is 5.56 Å². The van der Waals surface area contributed by atoms with Crippen LogP contribution in [0.5, 0.6) is 5.75 Å². The summed E-state index contributed by atoms with van der Waals surface area (Å²) in [6, 6.07) is 0. The van der Waals surface area contributed by atoms with Crippen molar-refractivity contribution in [2.75, 3.05) is 7.05 Å². The van der Waals surface area contributed by atoms with Gasteiger partial charge in [0, 0.05) is 24.7 Å². The minimum Gasteiger partial charge on any atom is -0.507 e. The van der Waals surface area contributed by atoms with Crippen LogP contribution >= 0.6 is 0 Å². The molecule has 0 aromatic carbocycles. The molecule has 1 amide bonds. The minimum atomic E-state index is -0.586. The molecular weight excluding hydrogens is 248 g/mol. The highest BCUT2D eigenvalue weighted by molar-refractivity contribution is 5.99. The second-order valence-electron chi connectivity index (χ2n) is 4.73. The molecule has 6 nitrogen and oxygen atoms in total. The molecule has 0 bridgehead atoms. The van der Waals surface area contributed by atoms with Gasteiger partial charge in [0.15, 0.2) is 5.78 Å². The van der Waals surface area contributed by atoms with Crippen LogP contribution in [0.4, 0.5) is 0 Å². The first-order chi connectivity index (χ1) is 8.95. The van der Waals surface area contributed by atoms with Gasteiger partial charge < -0.3 is 15.0 Å². The number of aromatic hydroxyl groups is 1. The summed E-state index contributed by atoms with van der Waals surface area (Å²) in [6.07, 6.45) is 0.792. The molecule has 0 atom stereocenters. The van der Waals surface area contributed by atoms with Crippen molar-refractivity contribution in [2.24, 2.45) is 0 Å². The molecule has 0 saturated heterocycles. The van der Waals surface area contributed by atoms with Gasteiger partial charge in [-0.05, 0) is 6.42 Å². The Morgan fingerprint density at radius 1 is 1.42 bits per heavy atom. The molecule has 6 heteroatoms. The van der Waals surface area contributed by atoms with Crippen LogP contribution in [0.3, 0.4) is 0 Å². The van der Waals surface area contributed by atoms with Gasteiger partial charge in [-0.15, -0.1) is 0 Å². The van der Waals surface area contributed by atoms with Crippen molar-refractivity contribution in [3.63, 3.8) is 0 Å². The van der Waals surface area contributed by atoms with E-state index >= 15 is 0 Å². The maximum atomic E-state index is 11.9. The van der Waals surface area contributed by atoms with Crippen molar-refractivity contribution in [3.8, 4) is 5.75 Å². The van der Waals surface area contributed by atoms with Crippen LogP contribution < -0.4 is 5.56 Å². The topological polar surface area (TPSA) is 90.5 Å². The molecule has 0 spiro atoms. The number of aromatic amines is 1. The number of H-pyrrole nitrogens is 1. The van der Waals surface area contributed by atoms with Crippen LogP contribution in [0.1, 0.15) is 41.4 Å². The SMILES string of the molecule is CCCC(=O)c1c(O)c2c([nH]c1=O)CN(C)C(=O)C2. The highest BCUT2D eigenvalue weighted by atomic mass is 16.3. The number of carbonyl (C=O) groups is 2. The Morgan fingerprint density at radius 2 is 2.11 bits per heavy atom. The van der Waals surface area contributed by atoms with Crippen molar-refractivity contribution in [1.82, 2.24) is 9.88 Å². The van der Waals surface area contributed by atoms with Crippen LogP contribution in [0.2, 0.25) is 0 Å². The Labute approximate surface area is 110 Å². The third-order valence-corrected chi connectivity index (χ3v) is 3.28. The lowest BCUT2D eigenvalue weighted by Gasteiger charge is -2.25. The maximum Gasteiger partial charge on any atom is 0.262 e. The quantitative estimate of drug-likeness (QED) is 0.781. The fourth-order valence-electron chi connectivity index (χ4n) is 2.22. The van der Waals surface area contributed by atoms with Gasteiger partial charge in [-0.2, -0.15) is 0 Å². The smallest absolute Gasteiger partial charge is 0.262 e.